The van der Waals surface area contributed by atoms with Gasteiger partial charge in [0.1, 0.15) is 18.2 Å². The van der Waals surface area contributed by atoms with E-state index in [2.05, 4.69) is 25.5 Å². The number of aromatic nitrogens is 2. The van der Waals surface area contributed by atoms with Crippen molar-refractivity contribution in [2.75, 3.05) is 81.3 Å². The molecule has 0 atom stereocenters. The Kier molecular flexibility index (Phi) is 7.64. The normalized spacial score (nSPS) is 17.1. The molecule has 11 heteroatoms. The largest absolute Gasteiger partial charge is 0.476 e. The predicted octanol–water partition coefficient (Wildman–Crippen LogP) is 1.81. The second-order valence-corrected chi connectivity index (χ2v) is 7.38. The van der Waals surface area contributed by atoms with E-state index in [1.54, 1.807) is 12.1 Å². The van der Waals surface area contributed by atoms with Crippen molar-refractivity contribution in [1.29, 1.82) is 0 Å². The van der Waals surface area contributed by atoms with Gasteiger partial charge in [0, 0.05) is 44.5 Å². The van der Waals surface area contributed by atoms with Crippen LogP contribution in [0.5, 0.6) is 5.88 Å². The quantitative estimate of drug-likeness (QED) is 0.664. The Labute approximate surface area is 185 Å². The van der Waals surface area contributed by atoms with E-state index in [0.29, 0.717) is 50.4 Å². The van der Waals surface area contributed by atoms with Crippen LogP contribution in [0, 0.1) is 5.82 Å². The van der Waals surface area contributed by atoms with E-state index in [-0.39, 0.29) is 5.82 Å². The first-order chi connectivity index (χ1) is 15.7. The van der Waals surface area contributed by atoms with Crippen molar-refractivity contribution >= 4 is 23.5 Å². The average Bonchev–Trinajstić information content (AvgIpc) is 2.80. The van der Waals surface area contributed by atoms with Crippen LogP contribution in [0.4, 0.5) is 26.6 Å². The number of amides is 2. The molecule has 0 aliphatic carbocycles. The number of morpholine rings is 2. The minimum absolute atomic E-state index is 0.289. The second kappa shape index (κ2) is 11.0. The van der Waals surface area contributed by atoms with Crippen molar-refractivity contribution in [3.05, 3.63) is 36.1 Å². The van der Waals surface area contributed by atoms with E-state index in [4.69, 9.17) is 14.2 Å². The number of hydrogen-bond donors (Lipinski definition) is 2. The van der Waals surface area contributed by atoms with E-state index < -0.39 is 11.8 Å². The molecule has 32 heavy (non-hydrogen) atoms. The summed E-state index contributed by atoms with van der Waals surface area (Å²) in [6.45, 7) is 6.85. The Balaban J connectivity index is 1.43. The number of carbonyl (C=O) groups is 1. The first kappa shape index (κ1) is 22.2. The van der Waals surface area contributed by atoms with Crippen molar-refractivity contribution in [1.82, 2.24) is 14.9 Å². The summed E-state index contributed by atoms with van der Waals surface area (Å²) in [5.74, 6) is 0.682. The summed E-state index contributed by atoms with van der Waals surface area (Å²) in [5.41, 5.74) is 0.340. The summed E-state index contributed by atoms with van der Waals surface area (Å²) in [6.07, 6.45) is 0. The minimum atomic E-state index is -0.540. The van der Waals surface area contributed by atoms with Gasteiger partial charge < -0.3 is 24.4 Å². The average molecular weight is 446 g/mol. The fraction of sp³-hybridized carbons (Fsp3) is 0.476. The number of ether oxygens (including phenoxy) is 3. The molecule has 2 saturated heterocycles. The number of urea groups is 1. The van der Waals surface area contributed by atoms with Gasteiger partial charge in [-0.25, -0.2) is 9.18 Å². The van der Waals surface area contributed by atoms with Crippen molar-refractivity contribution in [3.8, 4) is 5.88 Å². The van der Waals surface area contributed by atoms with Gasteiger partial charge in [0.05, 0.1) is 26.4 Å². The lowest BCUT2D eigenvalue weighted by Crippen LogP contribution is -2.39. The molecule has 2 aliphatic rings. The summed E-state index contributed by atoms with van der Waals surface area (Å²) < 4.78 is 30.0. The number of hydrogen-bond acceptors (Lipinski definition) is 8. The van der Waals surface area contributed by atoms with Crippen LogP contribution >= 0.6 is 0 Å². The Hall–Kier alpha value is -3.02. The van der Waals surface area contributed by atoms with Gasteiger partial charge in [-0.3, -0.25) is 10.2 Å². The highest BCUT2D eigenvalue weighted by Gasteiger charge is 2.18. The SMILES string of the molecule is O=C(Nc1cccc(F)c1)Nc1cc(OCCN2CCOCC2)nc(N2CCOCC2)n1. The zero-order valence-corrected chi connectivity index (χ0v) is 17.8. The summed E-state index contributed by atoms with van der Waals surface area (Å²) in [7, 11) is 0. The van der Waals surface area contributed by atoms with Crippen LogP contribution in [0.2, 0.25) is 0 Å². The van der Waals surface area contributed by atoms with Gasteiger partial charge in [-0.1, -0.05) is 6.07 Å². The fourth-order valence-electron chi connectivity index (χ4n) is 3.40. The summed E-state index contributed by atoms with van der Waals surface area (Å²) in [5, 5.41) is 5.27. The molecule has 0 radical (unpaired) electrons. The summed E-state index contributed by atoms with van der Waals surface area (Å²) in [4.78, 5) is 25.6. The molecule has 2 N–H and O–H groups in total. The highest BCUT2D eigenvalue weighted by atomic mass is 19.1. The van der Waals surface area contributed by atoms with E-state index in [1.807, 2.05) is 4.90 Å². The molecule has 2 aliphatic heterocycles. The number of carbonyl (C=O) groups excluding carboxylic acids is 1. The minimum Gasteiger partial charge on any atom is -0.476 e. The van der Waals surface area contributed by atoms with Crippen LogP contribution in [-0.4, -0.2) is 86.7 Å². The number of nitrogens with one attached hydrogen (secondary N) is 2. The number of rotatable bonds is 7. The first-order valence-corrected chi connectivity index (χ1v) is 10.6. The van der Waals surface area contributed by atoms with E-state index in [9.17, 15) is 9.18 Å². The predicted molar refractivity (Wildman–Crippen MR) is 117 cm³/mol. The van der Waals surface area contributed by atoms with Crippen LogP contribution in [0.15, 0.2) is 30.3 Å². The standard InChI is InChI=1S/C21H27FN6O4/c22-16-2-1-3-17(14-16)23-21(29)25-18-15-19(32-13-6-27-4-9-30-10-5-27)26-20(24-18)28-7-11-31-12-8-28/h1-3,14-15H,4-13H2,(H2,23,24,25,26,29). The maximum absolute atomic E-state index is 13.4. The van der Waals surface area contributed by atoms with Gasteiger partial charge in [-0.15, -0.1) is 0 Å². The molecular formula is C21H27FN6O4. The van der Waals surface area contributed by atoms with Crippen LogP contribution in [-0.2, 0) is 9.47 Å². The molecule has 172 valence electrons. The van der Waals surface area contributed by atoms with Crippen molar-refractivity contribution in [2.24, 2.45) is 0 Å². The highest BCUT2D eigenvalue weighted by Crippen LogP contribution is 2.20. The van der Waals surface area contributed by atoms with E-state index >= 15 is 0 Å². The molecule has 2 amide bonds. The molecular weight excluding hydrogens is 419 g/mol. The Bertz CT molecular complexity index is 906. The number of benzene rings is 1. The zero-order chi connectivity index (χ0) is 22.2. The van der Waals surface area contributed by atoms with Crippen LogP contribution in [0.3, 0.4) is 0 Å². The first-order valence-electron chi connectivity index (χ1n) is 10.6. The van der Waals surface area contributed by atoms with Gasteiger partial charge in [-0.2, -0.15) is 9.97 Å². The zero-order valence-electron chi connectivity index (χ0n) is 17.8. The Morgan fingerprint density at radius 3 is 2.53 bits per heavy atom. The Morgan fingerprint density at radius 1 is 1.03 bits per heavy atom. The third-order valence-electron chi connectivity index (χ3n) is 5.07. The Morgan fingerprint density at radius 2 is 1.78 bits per heavy atom. The van der Waals surface area contributed by atoms with Crippen LogP contribution in [0.1, 0.15) is 0 Å². The van der Waals surface area contributed by atoms with E-state index in [0.717, 1.165) is 32.8 Å². The maximum Gasteiger partial charge on any atom is 0.324 e. The molecule has 1 aromatic heterocycles. The molecule has 2 fully saturated rings. The second-order valence-electron chi connectivity index (χ2n) is 7.38. The third kappa shape index (κ3) is 6.49. The maximum atomic E-state index is 13.4. The lowest BCUT2D eigenvalue weighted by atomic mass is 10.3. The molecule has 0 spiro atoms. The highest BCUT2D eigenvalue weighted by molar-refractivity contribution is 5.99. The van der Waals surface area contributed by atoms with Crippen molar-refractivity contribution < 1.29 is 23.4 Å². The lowest BCUT2D eigenvalue weighted by Gasteiger charge is -2.28. The molecule has 10 nitrogen and oxygen atoms in total. The molecule has 3 heterocycles. The van der Waals surface area contributed by atoms with Gasteiger partial charge in [0.25, 0.3) is 0 Å². The molecule has 0 bridgehead atoms. The summed E-state index contributed by atoms with van der Waals surface area (Å²) in [6, 6.07) is 6.70. The molecule has 4 rings (SSSR count). The molecule has 2 aromatic rings. The van der Waals surface area contributed by atoms with Crippen LogP contribution in [0.25, 0.3) is 0 Å². The number of nitrogens with zero attached hydrogens (tertiary/aromatic N) is 4. The van der Waals surface area contributed by atoms with Crippen molar-refractivity contribution in [3.63, 3.8) is 0 Å². The number of halogens is 1. The smallest absolute Gasteiger partial charge is 0.324 e. The fourth-order valence-corrected chi connectivity index (χ4v) is 3.40. The van der Waals surface area contributed by atoms with Crippen LogP contribution < -0.4 is 20.3 Å². The monoisotopic (exact) mass is 446 g/mol. The van der Waals surface area contributed by atoms with Gasteiger partial charge in [0.15, 0.2) is 0 Å². The summed E-state index contributed by atoms with van der Waals surface area (Å²) >= 11 is 0. The third-order valence-corrected chi connectivity index (χ3v) is 5.07. The van der Waals surface area contributed by atoms with Gasteiger partial charge in [-0.05, 0) is 18.2 Å². The number of anilines is 3. The molecule has 1 aromatic carbocycles. The topological polar surface area (TPSA) is 101 Å². The van der Waals surface area contributed by atoms with Gasteiger partial charge >= 0.3 is 6.03 Å². The van der Waals surface area contributed by atoms with Crippen molar-refractivity contribution in [2.45, 2.75) is 0 Å². The molecule has 0 unspecified atom stereocenters. The molecule has 0 saturated carbocycles. The lowest BCUT2D eigenvalue weighted by molar-refractivity contribution is 0.0320. The van der Waals surface area contributed by atoms with Gasteiger partial charge in [0.2, 0.25) is 11.8 Å². The van der Waals surface area contributed by atoms with E-state index in [1.165, 1.54) is 18.2 Å².